The molecule has 1 fully saturated rings. The summed E-state index contributed by atoms with van der Waals surface area (Å²) < 4.78 is 20.2. The van der Waals surface area contributed by atoms with E-state index in [0.29, 0.717) is 24.2 Å². The topological polar surface area (TPSA) is 50.4 Å². The number of methoxy groups -OCH3 is 1. The van der Waals surface area contributed by atoms with E-state index in [0.717, 1.165) is 40.8 Å². The number of nitrogens with one attached hydrogen (secondary N) is 2. The molecule has 178 valence electrons. The first-order chi connectivity index (χ1) is 15.5. The average Bonchev–Trinajstić information content (AvgIpc) is 3.57. The molecular weight excluding hydrogens is 415 g/mol. The zero-order valence-corrected chi connectivity index (χ0v) is 20.8. The number of benzene rings is 2. The molecular formula is C28H37FN2O2. The molecule has 0 radical (unpaired) electrons. The van der Waals surface area contributed by atoms with Gasteiger partial charge < -0.3 is 15.4 Å². The van der Waals surface area contributed by atoms with Gasteiger partial charge in [-0.3, -0.25) is 4.79 Å². The number of hydrogen-bond acceptors (Lipinski definition) is 3. The van der Waals surface area contributed by atoms with Gasteiger partial charge in [-0.1, -0.05) is 39.5 Å². The third kappa shape index (κ3) is 6.23. The summed E-state index contributed by atoms with van der Waals surface area (Å²) in [6.45, 7) is 15.3. The normalized spacial score (nSPS) is 14.6. The number of hydrogen-bond donors (Lipinski definition) is 2. The molecule has 5 heteroatoms. The zero-order valence-electron chi connectivity index (χ0n) is 20.8. The highest BCUT2D eigenvalue weighted by Gasteiger charge is 2.25. The first-order valence-corrected chi connectivity index (χ1v) is 11.7. The zero-order chi connectivity index (χ0) is 24.3. The van der Waals surface area contributed by atoms with Gasteiger partial charge in [0, 0.05) is 30.5 Å². The molecule has 1 aliphatic rings. The van der Waals surface area contributed by atoms with Crippen LogP contribution in [0.3, 0.4) is 0 Å². The lowest BCUT2D eigenvalue weighted by Crippen LogP contribution is -2.36. The maximum Gasteiger partial charge on any atom is 0.251 e. The van der Waals surface area contributed by atoms with E-state index < -0.39 is 0 Å². The van der Waals surface area contributed by atoms with Crippen molar-refractivity contribution < 1.29 is 13.9 Å². The maximum absolute atomic E-state index is 14.9. The lowest BCUT2D eigenvalue weighted by atomic mass is 9.87. The summed E-state index contributed by atoms with van der Waals surface area (Å²) in [7, 11) is 1.67. The van der Waals surface area contributed by atoms with Crippen molar-refractivity contribution >= 4 is 11.6 Å². The van der Waals surface area contributed by atoms with Gasteiger partial charge in [0.2, 0.25) is 0 Å². The Kier molecular flexibility index (Phi) is 7.63. The van der Waals surface area contributed by atoms with E-state index in [9.17, 15) is 9.18 Å². The monoisotopic (exact) mass is 452 g/mol. The summed E-state index contributed by atoms with van der Waals surface area (Å²) >= 11 is 0. The number of rotatable bonds is 9. The second-order valence-corrected chi connectivity index (χ2v) is 10.2. The van der Waals surface area contributed by atoms with Gasteiger partial charge in [0.1, 0.15) is 5.82 Å². The standard InChI is InChI=1S/C28H37FN2O2/c1-17-25(15-22(16-26(17)29)27(32)31-23-9-10-23)24-11-8-20(14-21(24)12-13-33-7)18(2)30-19(3)28(4,5)6/h8,11,14-16,19,23,30H,2,9-10,12-13H2,1,3-7H3,(H,31,32). The van der Waals surface area contributed by atoms with Crippen LogP contribution in [0.5, 0.6) is 0 Å². The molecule has 1 atom stereocenters. The molecule has 2 N–H and O–H groups in total. The maximum atomic E-state index is 14.9. The molecule has 0 aliphatic heterocycles. The summed E-state index contributed by atoms with van der Waals surface area (Å²) in [5.74, 6) is -0.596. The van der Waals surface area contributed by atoms with Crippen molar-refractivity contribution in [3.05, 3.63) is 65.0 Å². The quantitative estimate of drug-likeness (QED) is 0.500. The van der Waals surface area contributed by atoms with Gasteiger partial charge in [-0.05, 0) is 84.5 Å². The van der Waals surface area contributed by atoms with Crippen molar-refractivity contribution in [1.82, 2.24) is 10.6 Å². The molecule has 33 heavy (non-hydrogen) atoms. The Morgan fingerprint density at radius 2 is 1.88 bits per heavy atom. The van der Waals surface area contributed by atoms with Crippen LogP contribution in [-0.4, -0.2) is 31.7 Å². The number of ether oxygens (including phenoxy) is 1. The summed E-state index contributed by atoms with van der Waals surface area (Å²) in [5.41, 5.74) is 5.49. The fraction of sp³-hybridized carbons (Fsp3) is 0.464. The van der Waals surface area contributed by atoms with Gasteiger partial charge in [-0.25, -0.2) is 4.39 Å². The van der Waals surface area contributed by atoms with Crippen molar-refractivity contribution in [1.29, 1.82) is 0 Å². The molecule has 1 saturated carbocycles. The van der Waals surface area contributed by atoms with Crippen LogP contribution < -0.4 is 10.6 Å². The molecule has 1 unspecified atom stereocenters. The van der Waals surface area contributed by atoms with E-state index in [-0.39, 0.29) is 29.2 Å². The van der Waals surface area contributed by atoms with Crippen LogP contribution in [0.15, 0.2) is 36.9 Å². The van der Waals surface area contributed by atoms with Crippen molar-refractivity contribution in [2.45, 2.75) is 66.0 Å². The third-order valence-electron chi connectivity index (χ3n) is 6.53. The largest absolute Gasteiger partial charge is 0.384 e. The molecule has 0 heterocycles. The van der Waals surface area contributed by atoms with Crippen molar-refractivity contribution in [3.8, 4) is 11.1 Å². The number of halogens is 1. The Morgan fingerprint density at radius 3 is 2.48 bits per heavy atom. The van der Waals surface area contributed by atoms with Crippen molar-refractivity contribution in [2.24, 2.45) is 5.41 Å². The van der Waals surface area contributed by atoms with Crippen LogP contribution in [0.2, 0.25) is 0 Å². The second kappa shape index (κ2) is 10.1. The van der Waals surface area contributed by atoms with E-state index in [1.54, 1.807) is 20.1 Å². The smallest absolute Gasteiger partial charge is 0.251 e. The van der Waals surface area contributed by atoms with Gasteiger partial charge in [0.15, 0.2) is 0 Å². The lowest BCUT2D eigenvalue weighted by molar-refractivity contribution is 0.0950. The minimum atomic E-state index is -0.375. The van der Waals surface area contributed by atoms with E-state index in [1.165, 1.54) is 6.07 Å². The molecule has 2 aromatic rings. The number of carbonyl (C=O) groups is 1. The summed E-state index contributed by atoms with van der Waals surface area (Å²) in [6.07, 6.45) is 2.64. The van der Waals surface area contributed by atoms with Gasteiger partial charge >= 0.3 is 0 Å². The van der Waals surface area contributed by atoms with Crippen LogP contribution in [0, 0.1) is 18.2 Å². The molecule has 0 aromatic heterocycles. The molecule has 0 bridgehead atoms. The fourth-order valence-corrected chi connectivity index (χ4v) is 3.61. The van der Waals surface area contributed by atoms with E-state index in [4.69, 9.17) is 4.74 Å². The van der Waals surface area contributed by atoms with E-state index >= 15 is 0 Å². The average molecular weight is 453 g/mol. The van der Waals surface area contributed by atoms with Crippen molar-refractivity contribution in [3.63, 3.8) is 0 Å². The first kappa shape index (κ1) is 25.0. The molecule has 0 spiro atoms. The van der Waals surface area contributed by atoms with Gasteiger partial charge in [0.25, 0.3) is 5.91 Å². The molecule has 2 aromatic carbocycles. The van der Waals surface area contributed by atoms with Gasteiger partial charge in [-0.15, -0.1) is 0 Å². The minimum Gasteiger partial charge on any atom is -0.384 e. The second-order valence-electron chi connectivity index (χ2n) is 10.2. The van der Waals surface area contributed by atoms with Crippen LogP contribution in [0.4, 0.5) is 4.39 Å². The highest BCUT2D eigenvalue weighted by Crippen LogP contribution is 2.32. The van der Waals surface area contributed by atoms with Crippen molar-refractivity contribution in [2.75, 3.05) is 13.7 Å². The summed E-state index contributed by atoms with van der Waals surface area (Å²) in [5, 5.41) is 6.46. The van der Waals surface area contributed by atoms with Crippen LogP contribution in [0.1, 0.15) is 67.6 Å². The predicted octanol–water partition coefficient (Wildman–Crippen LogP) is 5.88. The van der Waals surface area contributed by atoms with Gasteiger partial charge in [0.05, 0.1) is 6.61 Å². The highest BCUT2D eigenvalue weighted by molar-refractivity contribution is 5.96. The molecule has 1 aliphatic carbocycles. The Hall–Kier alpha value is -2.66. The van der Waals surface area contributed by atoms with E-state index in [2.05, 4.69) is 51.0 Å². The van der Waals surface area contributed by atoms with Gasteiger partial charge in [-0.2, -0.15) is 0 Å². The minimum absolute atomic E-state index is 0.0951. The summed E-state index contributed by atoms with van der Waals surface area (Å²) in [6, 6.07) is 9.69. The Balaban J connectivity index is 1.98. The Labute approximate surface area is 197 Å². The predicted molar refractivity (Wildman–Crippen MR) is 134 cm³/mol. The number of amides is 1. The third-order valence-corrected chi connectivity index (χ3v) is 6.53. The van der Waals surface area contributed by atoms with Crippen LogP contribution >= 0.6 is 0 Å². The number of carbonyl (C=O) groups excluding carboxylic acids is 1. The SMILES string of the molecule is C=C(NC(C)C(C)(C)C)c1ccc(-c2cc(C(=O)NC3CC3)cc(F)c2C)c(CCOC)c1. The van der Waals surface area contributed by atoms with E-state index in [1.807, 2.05) is 12.1 Å². The lowest BCUT2D eigenvalue weighted by Gasteiger charge is -2.30. The summed E-state index contributed by atoms with van der Waals surface area (Å²) in [4.78, 5) is 12.6. The Morgan fingerprint density at radius 1 is 1.18 bits per heavy atom. The molecule has 1 amide bonds. The highest BCUT2D eigenvalue weighted by atomic mass is 19.1. The van der Waals surface area contributed by atoms with Crippen LogP contribution in [-0.2, 0) is 11.2 Å². The first-order valence-electron chi connectivity index (χ1n) is 11.7. The molecule has 0 saturated heterocycles. The molecule has 4 nitrogen and oxygen atoms in total. The Bertz CT molecular complexity index is 1030. The fourth-order valence-electron chi connectivity index (χ4n) is 3.61. The molecule has 3 rings (SSSR count). The van der Waals surface area contributed by atoms with Crippen LogP contribution in [0.25, 0.3) is 16.8 Å².